The van der Waals surface area contributed by atoms with Crippen LogP contribution in [0.2, 0.25) is 0 Å². The predicted molar refractivity (Wildman–Crippen MR) is 82.9 cm³/mol. The zero-order chi connectivity index (χ0) is 14.5. The van der Waals surface area contributed by atoms with E-state index >= 15 is 0 Å². The number of carbonyl (C=O) groups excluding carboxylic acids is 1. The summed E-state index contributed by atoms with van der Waals surface area (Å²) in [5.41, 5.74) is 4.01. The summed E-state index contributed by atoms with van der Waals surface area (Å²) in [5, 5.41) is 3.29. The smallest absolute Gasteiger partial charge is 0.225 e. The minimum absolute atomic E-state index is 0.119. The molecule has 1 aromatic carbocycles. The molecule has 1 aliphatic heterocycles. The Morgan fingerprint density at radius 3 is 2.65 bits per heavy atom. The number of amides is 1. The molecule has 1 saturated heterocycles. The number of aryl methyl sites for hydroxylation is 3. The van der Waals surface area contributed by atoms with E-state index in [9.17, 15) is 4.79 Å². The quantitative estimate of drug-likeness (QED) is 0.914. The van der Waals surface area contributed by atoms with E-state index < -0.39 is 0 Å². The van der Waals surface area contributed by atoms with Gasteiger partial charge in [-0.25, -0.2) is 0 Å². The molecule has 1 unspecified atom stereocenters. The van der Waals surface area contributed by atoms with Crippen LogP contribution >= 0.6 is 0 Å². The minimum Gasteiger partial charge on any atom is -0.340 e. The Kier molecular flexibility index (Phi) is 5.18. The highest BCUT2D eigenvalue weighted by molar-refractivity contribution is 5.78. The largest absolute Gasteiger partial charge is 0.340 e. The Labute approximate surface area is 122 Å². The van der Waals surface area contributed by atoms with Gasteiger partial charge in [-0.05, 0) is 37.8 Å². The van der Waals surface area contributed by atoms with E-state index in [2.05, 4.69) is 44.3 Å². The molecule has 2 rings (SSSR count). The van der Waals surface area contributed by atoms with Crippen LogP contribution in [0.15, 0.2) is 18.2 Å². The second kappa shape index (κ2) is 6.89. The van der Waals surface area contributed by atoms with Crippen LogP contribution in [0.25, 0.3) is 0 Å². The van der Waals surface area contributed by atoms with E-state index in [4.69, 9.17) is 0 Å². The number of hydrogen-bond acceptors (Lipinski definition) is 2. The number of nitrogens with one attached hydrogen (secondary N) is 1. The Hall–Kier alpha value is -1.35. The van der Waals surface area contributed by atoms with Crippen molar-refractivity contribution in [1.82, 2.24) is 10.2 Å². The van der Waals surface area contributed by atoms with Crippen molar-refractivity contribution in [2.24, 2.45) is 5.92 Å². The van der Waals surface area contributed by atoms with E-state index in [0.717, 1.165) is 39.0 Å². The van der Waals surface area contributed by atoms with Gasteiger partial charge in [0.2, 0.25) is 5.91 Å². The van der Waals surface area contributed by atoms with Crippen molar-refractivity contribution in [3.05, 3.63) is 34.9 Å². The molecule has 20 heavy (non-hydrogen) atoms. The molecule has 1 amide bonds. The lowest BCUT2D eigenvalue weighted by Gasteiger charge is -2.29. The Morgan fingerprint density at radius 2 is 2.00 bits per heavy atom. The second-order valence-electron chi connectivity index (χ2n) is 5.94. The molecule has 1 heterocycles. The first-order chi connectivity index (χ1) is 9.58. The summed E-state index contributed by atoms with van der Waals surface area (Å²) in [4.78, 5) is 14.4. The lowest BCUT2D eigenvalue weighted by Crippen LogP contribution is -2.48. The van der Waals surface area contributed by atoms with Gasteiger partial charge in [0.25, 0.3) is 0 Å². The number of hydrogen-bond donors (Lipinski definition) is 1. The molecule has 1 atom stereocenters. The first-order valence-electron chi connectivity index (χ1n) is 7.63. The van der Waals surface area contributed by atoms with Gasteiger partial charge < -0.3 is 10.2 Å². The minimum atomic E-state index is 0.119. The number of carbonyl (C=O) groups is 1. The number of benzene rings is 1. The Bertz CT molecular complexity index is 464. The molecule has 0 spiro atoms. The van der Waals surface area contributed by atoms with Crippen molar-refractivity contribution < 1.29 is 4.79 Å². The predicted octanol–water partition coefficient (Wildman–Crippen LogP) is 2.30. The molecule has 110 valence electrons. The van der Waals surface area contributed by atoms with Crippen molar-refractivity contribution in [2.45, 2.75) is 33.6 Å². The third kappa shape index (κ3) is 3.83. The highest BCUT2D eigenvalue weighted by atomic mass is 16.2. The normalized spacial score (nSPS) is 17.1. The maximum Gasteiger partial charge on any atom is 0.225 e. The van der Waals surface area contributed by atoms with Gasteiger partial charge in [-0.1, -0.05) is 30.7 Å². The molecule has 3 heteroatoms. The average Bonchev–Trinajstić information content (AvgIpc) is 2.46. The maximum absolute atomic E-state index is 12.4. The first-order valence-corrected chi connectivity index (χ1v) is 7.63. The van der Waals surface area contributed by atoms with Gasteiger partial charge in [-0.2, -0.15) is 0 Å². The van der Waals surface area contributed by atoms with Crippen LogP contribution < -0.4 is 5.32 Å². The van der Waals surface area contributed by atoms with Gasteiger partial charge in [0.1, 0.15) is 0 Å². The standard InChI is InChI=1S/C17H26N2O/c1-13-4-6-16(15(3)12-13)7-5-14(2)17(20)19-10-8-18-9-11-19/h4,6,12,14,18H,5,7-11H2,1-3H3. The lowest BCUT2D eigenvalue weighted by atomic mass is 9.96. The van der Waals surface area contributed by atoms with Gasteiger partial charge in [0.15, 0.2) is 0 Å². The molecule has 1 aromatic rings. The SMILES string of the molecule is Cc1ccc(CCC(C)C(=O)N2CCNCC2)c(C)c1. The fraction of sp³-hybridized carbons (Fsp3) is 0.588. The molecule has 0 bridgehead atoms. The van der Waals surface area contributed by atoms with E-state index in [1.807, 2.05) is 4.90 Å². The van der Waals surface area contributed by atoms with E-state index in [1.165, 1.54) is 16.7 Å². The van der Waals surface area contributed by atoms with Crippen molar-refractivity contribution in [3.63, 3.8) is 0 Å². The van der Waals surface area contributed by atoms with Crippen LogP contribution in [0.1, 0.15) is 30.0 Å². The molecule has 0 radical (unpaired) electrons. The van der Waals surface area contributed by atoms with Crippen LogP contribution in [0, 0.1) is 19.8 Å². The van der Waals surface area contributed by atoms with E-state index in [-0.39, 0.29) is 5.92 Å². The first kappa shape index (κ1) is 15.0. The molecule has 0 aliphatic carbocycles. The molecule has 1 fully saturated rings. The monoisotopic (exact) mass is 274 g/mol. The third-order valence-electron chi connectivity index (χ3n) is 4.20. The van der Waals surface area contributed by atoms with Crippen LogP contribution in [-0.2, 0) is 11.2 Å². The highest BCUT2D eigenvalue weighted by Crippen LogP contribution is 2.17. The van der Waals surface area contributed by atoms with Crippen LogP contribution in [0.3, 0.4) is 0 Å². The second-order valence-corrected chi connectivity index (χ2v) is 5.94. The number of rotatable bonds is 4. The zero-order valence-corrected chi connectivity index (χ0v) is 12.9. The van der Waals surface area contributed by atoms with Crippen molar-refractivity contribution in [3.8, 4) is 0 Å². The third-order valence-corrected chi connectivity index (χ3v) is 4.20. The Morgan fingerprint density at radius 1 is 1.30 bits per heavy atom. The molecule has 0 aromatic heterocycles. The van der Waals surface area contributed by atoms with Gasteiger partial charge >= 0.3 is 0 Å². The summed E-state index contributed by atoms with van der Waals surface area (Å²) >= 11 is 0. The van der Waals surface area contributed by atoms with Gasteiger partial charge in [0.05, 0.1) is 0 Å². The molecule has 0 saturated carbocycles. The number of nitrogens with zero attached hydrogens (tertiary/aromatic N) is 1. The van der Waals surface area contributed by atoms with Crippen LogP contribution in [0.5, 0.6) is 0 Å². The summed E-state index contributed by atoms with van der Waals surface area (Å²) in [6, 6.07) is 6.58. The maximum atomic E-state index is 12.4. The fourth-order valence-corrected chi connectivity index (χ4v) is 2.82. The van der Waals surface area contributed by atoms with Gasteiger partial charge in [-0.3, -0.25) is 4.79 Å². The molecule has 3 nitrogen and oxygen atoms in total. The number of piperazine rings is 1. The van der Waals surface area contributed by atoms with Crippen molar-refractivity contribution in [1.29, 1.82) is 0 Å². The zero-order valence-electron chi connectivity index (χ0n) is 12.9. The summed E-state index contributed by atoms with van der Waals surface area (Å²) in [5.74, 6) is 0.435. The topological polar surface area (TPSA) is 32.3 Å². The van der Waals surface area contributed by atoms with Gasteiger partial charge in [-0.15, -0.1) is 0 Å². The Balaban J connectivity index is 1.87. The van der Waals surface area contributed by atoms with Crippen molar-refractivity contribution in [2.75, 3.05) is 26.2 Å². The molecular formula is C17H26N2O. The summed E-state index contributed by atoms with van der Waals surface area (Å²) in [7, 11) is 0. The highest BCUT2D eigenvalue weighted by Gasteiger charge is 2.21. The molecule has 1 N–H and O–H groups in total. The summed E-state index contributed by atoms with van der Waals surface area (Å²) in [6.45, 7) is 9.90. The van der Waals surface area contributed by atoms with Crippen LogP contribution in [-0.4, -0.2) is 37.0 Å². The average molecular weight is 274 g/mol. The van der Waals surface area contributed by atoms with E-state index in [0.29, 0.717) is 5.91 Å². The lowest BCUT2D eigenvalue weighted by molar-refractivity contribution is -0.135. The van der Waals surface area contributed by atoms with Crippen molar-refractivity contribution >= 4 is 5.91 Å². The fourth-order valence-electron chi connectivity index (χ4n) is 2.82. The summed E-state index contributed by atoms with van der Waals surface area (Å²) in [6.07, 6.45) is 1.93. The summed E-state index contributed by atoms with van der Waals surface area (Å²) < 4.78 is 0. The van der Waals surface area contributed by atoms with Crippen LogP contribution in [0.4, 0.5) is 0 Å². The molecular weight excluding hydrogens is 248 g/mol. The van der Waals surface area contributed by atoms with Gasteiger partial charge in [0, 0.05) is 32.1 Å². The molecule has 1 aliphatic rings. The van der Waals surface area contributed by atoms with E-state index in [1.54, 1.807) is 0 Å².